The predicted molar refractivity (Wildman–Crippen MR) is 101 cm³/mol. The van der Waals surface area contributed by atoms with Gasteiger partial charge in [0, 0.05) is 13.0 Å². The number of benzene rings is 1. The number of carbonyl (C=O) groups is 1. The summed E-state index contributed by atoms with van der Waals surface area (Å²) in [7, 11) is 0. The molecule has 0 saturated heterocycles. The van der Waals surface area contributed by atoms with Crippen LogP contribution in [0.5, 0.6) is 0 Å². The molecule has 3 nitrogen and oxygen atoms in total. The molecule has 0 spiro atoms. The van der Waals surface area contributed by atoms with Gasteiger partial charge in [-0.25, -0.2) is 0 Å². The summed E-state index contributed by atoms with van der Waals surface area (Å²) < 4.78 is 6.30. The maximum atomic E-state index is 13.1. The SMILES string of the molecule is CCCCCCCOC(C(=O)CCC)(c1ccccc1)C(C)(C)N. The topological polar surface area (TPSA) is 52.3 Å². The van der Waals surface area contributed by atoms with E-state index in [1.807, 2.05) is 51.1 Å². The lowest BCUT2D eigenvalue weighted by Crippen LogP contribution is -2.60. The molecule has 1 aromatic carbocycles. The zero-order chi connectivity index (χ0) is 18.1. The Morgan fingerprint density at radius 1 is 1.00 bits per heavy atom. The van der Waals surface area contributed by atoms with E-state index in [-0.39, 0.29) is 5.78 Å². The summed E-state index contributed by atoms with van der Waals surface area (Å²) in [5.74, 6) is 0.0808. The van der Waals surface area contributed by atoms with Crippen molar-refractivity contribution in [1.82, 2.24) is 0 Å². The largest absolute Gasteiger partial charge is 0.360 e. The van der Waals surface area contributed by atoms with Crippen molar-refractivity contribution in [1.29, 1.82) is 0 Å². The second-order valence-electron chi connectivity index (χ2n) is 7.20. The third kappa shape index (κ3) is 5.15. The summed E-state index contributed by atoms with van der Waals surface area (Å²) in [6.45, 7) is 8.57. The number of carbonyl (C=O) groups excluding carboxylic acids is 1. The summed E-state index contributed by atoms with van der Waals surface area (Å²) in [6, 6.07) is 9.75. The van der Waals surface area contributed by atoms with Gasteiger partial charge in [-0.3, -0.25) is 4.79 Å². The fourth-order valence-corrected chi connectivity index (χ4v) is 3.25. The molecule has 0 aliphatic rings. The smallest absolute Gasteiger partial charge is 0.171 e. The first-order chi connectivity index (χ1) is 11.4. The molecule has 2 N–H and O–H groups in total. The van der Waals surface area contributed by atoms with Crippen LogP contribution in [0, 0.1) is 0 Å². The Morgan fingerprint density at radius 2 is 1.62 bits per heavy atom. The van der Waals surface area contributed by atoms with E-state index < -0.39 is 11.1 Å². The maximum absolute atomic E-state index is 13.1. The van der Waals surface area contributed by atoms with Crippen molar-refractivity contribution in [2.24, 2.45) is 5.73 Å². The van der Waals surface area contributed by atoms with Gasteiger partial charge in [0.1, 0.15) is 0 Å². The fourth-order valence-electron chi connectivity index (χ4n) is 3.25. The molecular weight excluding hydrogens is 298 g/mol. The van der Waals surface area contributed by atoms with Crippen LogP contribution in [0.15, 0.2) is 30.3 Å². The molecular formula is C21H35NO2. The lowest BCUT2D eigenvalue weighted by Gasteiger charge is -2.43. The van der Waals surface area contributed by atoms with Crippen LogP contribution in [0.1, 0.15) is 78.2 Å². The van der Waals surface area contributed by atoms with Crippen molar-refractivity contribution in [3.63, 3.8) is 0 Å². The van der Waals surface area contributed by atoms with Gasteiger partial charge in [-0.05, 0) is 32.3 Å². The van der Waals surface area contributed by atoms with E-state index in [0.29, 0.717) is 13.0 Å². The van der Waals surface area contributed by atoms with Crippen molar-refractivity contribution < 1.29 is 9.53 Å². The molecule has 0 aromatic heterocycles. The molecule has 24 heavy (non-hydrogen) atoms. The van der Waals surface area contributed by atoms with Gasteiger partial charge in [-0.2, -0.15) is 0 Å². The molecule has 1 aromatic rings. The number of ketones is 1. The predicted octanol–water partition coefficient (Wildman–Crippen LogP) is 4.98. The molecule has 1 unspecified atom stereocenters. The van der Waals surface area contributed by atoms with Gasteiger partial charge in [0.25, 0.3) is 0 Å². The molecule has 136 valence electrons. The van der Waals surface area contributed by atoms with E-state index in [1.54, 1.807) is 0 Å². The number of Topliss-reactive ketones (excluding diaryl/α,β-unsaturated/α-hetero) is 1. The first kappa shape index (κ1) is 20.9. The van der Waals surface area contributed by atoms with Crippen molar-refractivity contribution >= 4 is 5.78 Å². The summed E-state index contributed by atoms with van der Waals surface area (Å²) in [5.41, 5.74) is 5.50. The Balaban J connectivity index is 3.02. The minimum Gasteiger partial charge on any atom is -0.360 e. The maximum Gasteiger partial charge on any atom is 0.171 e. The van der Waals surface area contributed by atoms with Gasteiger partial charge < -0.3 is 10.5 Å². The summed E-state index contributed by atoms with van der Waals surface area (Å²) in [5, 5.41) is 0. The van der Waals surface area contributed by atoms with Gasteiger partial charge in [0.2, 0.25) is 0 Å². The molecule has 3 heteroatoms. The average Bonchev–Trinajstić information content (AvgIpc) is 2.54. The number of nitrogens with two attached hydrogens (primary N) is 1. The summed E-state index contributed by atoms with van der Waals surface area (Å²) >= 11 is 0. The molecule has 0 aliphatic carbocycles. The molecule has 0 aliphatic heterocycles. The normalized spacial score (nSPS) is 14.4. The molecule has 0 amide bonds. The number of hydrogen-bond donors (Lipinski definition) is 1. The van der Waals surface area contributed by atoms with E-state index >= 15 is 0 Å². The highest BCUT2D eigenvalue weighted by atomic mass is 16.5. The zero-order valence-corrected chi connectivity index (χ0v) is 15.9. The Morgan fingerprint density at radius 3 is 2.17 bits per heavy atom. The molecule has 0 saturated carbocycles. The molecule has 0 heterocycles. The van der Waals surface area contributed by atoms with Crippen molar-refractivity contribution in [3.05, 3.63) is 35.9 Å². The lowest BCUT2D eigenvalue weighted by molar-refractivity contribution is -0.157. The second kappa shape index (κ2) is 9.95. The highest BCUT2D eigenvalue weighted by molar-refractivity contribution is 5.90. The Bertz CT molecular complexity index is 478. The average molecular weight is 334 g/mol. The third-order valence-electron chi connectivity index (χ3n) is 4.52. The number of hydrogen-bond acceptors (Lipinski definition) is 3. The zero-order valence-electron chi connectivity index (χ0n) is 15.9. The van der Waals surface area contributed by atoms with Gasteiger partial charge in [-0.1, -0.05) is 69.9 Å². The molecule has 0 bridgehead atoms. The Labute approximate surface area is 148 Å². The van der Waals surface area contributed by atoms with Crippen LogP contribution in [-0.4, -0.2) is 17.9 Å². The van der Waals surface area contributed by atoms with Crippen molar-refractivity contribution in [3.8, 4) is 0 Å². The van der Waals surface area contributed by atoms with Crippen LogP contribution in [0.4, 0.5) is 0 Å². The van der Waals surface area contributed by atoms with E-state index in [9.17, 15) is 4.79 Å². The van der Waals surface area contributed by atoms with Gasteiger partial charge >= 0.3 is 0 Å². The number of rotatable bonds is 12. The van der Waals surface area contributed by atoms with Gasteiger partial charge in [0.15, 0.2) is 11.4 Å². The minimum atomic E-state index is -1.07. The number of ether oxygens (including phenoxy) is 1. The quantitative estimate of drug-likeness (QED) is 0.549. The van der Waals surface area contributed by atoms with E-state index in [0.717, 1.165) is 24.8 Å². The molecule has 0 radical (unpaired) electrons. The summed E-state index contributed by atoms with van der Waals surface area (Å²) in [4.78, 5) is 13.1. The van der Waals surface area contributed by atoms with Crippen molar-refractivity contribution in [2.75, 3.05) is 6.61 Å². The van der Waals surface area contributed by atoms with Gasteiger partial charge in [-0.15, -0.1) is 0 Å². The third-order valence-corrected chi connectivity index (χ3v) is 4.52. The highest BCUT2D eigenvalue weighted by Gasteiger charge is 2.50. The first-order valence-corrected chi connectivity index (χ1v) is 9.41. The van der Waals surface area contributed by atoms with Crippen molar-refractivity contribution in [2.45, 2.75) is 83.8 Å². The van der Waals surface area contributed by atoms with Crippen LogP contribution >= 0.6 is 0 Å². The minimum absolute atomic E-state index is 0.0808. The van der Waals surface area contributed by atoms with Crippen LogP contribution in [-0.2, 0) is 15.1 Å². The van der Waals surface area contributed by atoms with Crippen LogP contribution in [0.25, 0.3) is 0 Å². The Hall–Kier alpha value is -1.19. The van der Waals surface area contributed by atoms with E-state index in [2.05, 4.69) is 6.92 Å². The molecule has 1 atom stereocenters. The van der Waals surface area contributed by atoms with Crippen LogP contribution < -0.4 is 5.73 Å². The fraction of sp³-hybridized carbons (Fsp3) is 0.667. The van der Waals surface area contributed by atoms with Crippen LogP contribution in [0.2, 0.25) is 0 Å². The highest BCUT2D eigenvalue weighted by Crippen LogP contribution is 2.38. The Kier molecular flexibility index (Phi) is 8.65. The monoisotopic (exact) mass is 333 g/mol. The summed E-state index contributed by atoms with van der Waals surface area (Å²) in [6.07, 6.45) is 7.05. The van der Waals surface area contributed by atoms with Gasteiger partial charge in [0.05, 0.1) is 5.54 Å². The molecule has 0 fully saturated rings. The van der Waals surface area contributed by atoms with E-state index in [1.165, 1.54) is 19.3 Å². The van der Waals surface area contributed by atoms with Crippen LogP contribution in [0.3, 0.4) is 0 Å². The van der Waals surface area contributed by atoms with E-state index in [4.69, 9.17) is 10.5 Å². The first-order valence-electron chi connectivity index (χ1n) is 9.41. The standard InChI is InChI=1S/C21H35NO2/c1-5-7-8-9-13-17-24-21(20(3,4)22,19(23)14-6-2)18-15-11-10-12-16-18/h10-12,15-16H,5-9,13-14,17,22H2,1-4H3. The lowest BCUT2D eigenvalue weighted by atomic mass is 9.73. The molecule has 1 rings (SSSR count). The second-order valence-corrected chi connectivity index (χ2v) is 7.20. The number of unbranched alkanes of at least 4 members (excludes halogenated alkanes) is 4.